The SMILES string of the molecule is C=C(CCCCCCCCCCCC)O[Si](C)(C)C. The lowest BCUT2D eigenvalue weighted by molar-refractivity contribution is 0.394. The molecule has 0 aliphatic carbocycles. The van der Waals surface area contributed by atoms with Crippen LogP contribution in [0.25, 0.3) is 0 Å². The van der Waals surface area contributed by atoms with Crippen molar-refractivity contribution in [3.05, 3.63) is 12.3 Å². The summed E-state index contributed by atoms with van der Waals surface area (Å²) < 4.78 is 5.86. The van der Waals surface area contributed by atoms with E-state index in [1.54, 1.807) is 0 Å². The van der Waals surface area contributed by atoms with Gasteiger partial charge >= 0.3 is 0 Å². The Kier molecular flexibility index (Phi) is 11.4. The second-order valence-corrected chi connectivity index (χ2v) is 11.1. The monoisotopic (exact) mass is 284 g/mol. The van der Waals surface area contributed by atoms with Gasteiger partial charge in [-0.15, -0.1) is 0 Å². The Hall–Kier alpha value is -0.243. The quantitative estimate of drug-likeness (QED) is 0.209. The highest BCUT2D eigenvalue weighted by molar-refractivity contribution is 6.70. The summed E-state index contributed by atoms with van der Waals surface area (Å²) >= 11 is 0. The molecule has 0 rings (SSSR count). The molecule has 0 atom stereocenters. The summed E-state index contributed by atoms with van der Waals surface area (Å²) in [5.41, 5.74) is 0. The minimum absolute atomic E-state index is 1.01. The smallest absolute Gasteiger partial charge is 0.241 e. The first-order valence-corrected chi connectivity index (χ1v) is 11.7. The number of rotatable bonds is 13. The van der Waals surface area contributed by atoms with Crippen LogP contribution in [0.15, 0.2) is 12.3 Å². The molecule has 0 bridgehead atoms. The topological polar surface area (TPSA) is 9.23 Å². The van der Waals surface area contributed by atoms with Crippen LogP contribution in [0.5, 0.6) is 0 Å². The lowest BCUT2D eigenvalue weighted by Gasteiger charge is -2.20. The van der Waals surface area contributed by atoms with Crippen LogP contribution >= 0.6 is 0 Å². The lowest BCUT2D eigenvalue weighted by Crippen LogP contribution is -2.24. The van der Waals surface area contributed by atoms with Crippen molar-refractivity contribution in [2.45, 2.75) is 97.2 Å². The van der Waals surface area contributed by atoms with Gasteiger partial charge in [0.25, 0.3) is 0 Å². The molecule has 0 aromatic heterocycles. The molecule has 0 saturated heterocycles. The molecule has 0 fully saturated rings. The third kappa shape index (κ3) is 15.7. The van der Waals surface area contributed by atoms with Crippen LogP contribution in [0.4, 0.5) is 0 Å². The minimum atomic E-state index is -1.42. The molecule has 2 heteroatoms. The first-order chi connectivity index (χ1) is 8.95. The van der Waals surface area contributed by atoms with E-state index in [0.29, 0.717) is 0 Å². The summed E-state index contributed by atoms with van der Waals surface area (Å²) in [5, 5.41) is 0. The van der Waals surface area contributed by atoms with Crippen molar-refractivity contribution in [3.8, 4) is 0 Å². The van der Waals surface area contributed by atoms with E-state index in [0.717, 1.165) is 12.2 Å². The maximum Gasteiger partial charge on any atom is 0.241 e. The van der Waals surface area contributed by atoms with Crippen LogP contribution in [0.2, 0.25) is 19.6 Å². The summed E-state index contributed by atoms with van der Waals surface area (Å²) in [6.45, 7) is 13.0. The minimum Gasteiger partial charge on any atom is -0.548 e. The molecule has 0 amide bonds. The van der Waals surface area contributed by atoms with E-state index in [-0.39, 0.29) is 0 Å². The van der Waals surface area contributed by atoms with E-state index >= 15 is 0 Å². The Morgan fingerprint density at radius 1 is 0.789 bits per heavy atom. The molecule has 114 valence electrons. The second-order valence-electron chi connectivity index (χ2n) is 6.69. The fourth-order valence-corrected chi connectivity index (χ4v) is 3.26. The average Bonchev–Trinajstić information content (AvgIpc) is 2.29. The van der Waals surface area contributed by atoms with Crippen LogP contribution in [-0.2, 0) is 4.43 Å². The van der Waals surface area contributed by atoms with Gasteiger partial charge in [0.1, 0.15) is 0 Å². The van der Waals surface area contributed by atoms with E-state index in [1.165, 1.54) is 64.2 Å². The molecule has 19 heavy (non-hydrogen) atoms. The van der Waals surface area contributed by atoms with Crippen LogP contribution in [0.3, 0.4) is 0 Å². The average molecular weight is 285 g/mol. The summed E-state index contributed by atoms with van der Waals surface area (Å²) in [6.07, 6.45) is 14.9. The van der Waals surface area contributed by atoms with Gasteiger partial charge in [0.2, 0.25) is 8.32 Å². The summed E-state index contributed by atoms with van der Waals surface area (Å²) in [5.74, 6) is 1.01. The Labute approximate surface area is 123 Å². The van der Waals surface area contributed by atoms with Crippen LogP contribution in [-0.4, -0.2) is 8.32 Å². The van der Waals surface area contributed by atoms with E-state index in [9.17, 15) is 0 Å². The van der Waals surface area contributed by atoms with Gasteiger partial charge in [-0.05, 0) is 26.1 Å². The van der Waals surface area contributed by atoms with Crippen molar-refractivity contribution >= 4 is 8.32 Å². The highest BCUT2D eigenvalue weighted by Crippen LogP contribution is 2.16. The number of unbranched alkanes of at least 4 members (excludes halogenated alkanes) is 9. The Bertz CT molecular complexity index is 218. The molecule has 0 heterocycles. The first-order valence-electron chi connectivity index (χ1n) is 8.32. The highest BCUT2D eigenvalue weighted by atomic mass is 28.4. The van der Waals surface area contributed by atoms with E-state index in [1.807, 2.05) is 0 Å². The van der Waals surface area contributed by atoms with Gasteiger partial charge in [-0.25, -0.2) is 0 Å². The fraction of sp³-hybridized carbons (Fsp3) is 0.882. The van der Waals surface area contributed by atoms with Gasteiger partial charge in [-0.3, -0.25) is 0 Å². The second kappa shape index (κ2) is 11.6. The summed E-state index contributed by atoms with van der Waals surface area (Å²) in [4.78, 5) is 0. The zero-order valence-corrected chi connectivity index (χ0v) is 14.9. The van der Waals surface area contributed by atoms with Crippen molar-refractivity contribution in [2.75, 3.05) is 0 Å². The van der Waals surface area contributed by atoms with Crippen LogP contribution < -0.4 is 0 Å². The molecular weight excluding hydrogens is 248 g/mol. The van der Waals surface area contributed by atoms with Crippen molar-refractivity contribution in [1.29, 1.82) is 0 Å². The molecule has 0 radical (unpaired) electrons. The van der Waals surface area contributed by atoms with Crippen LogP contribution in [0, 0.1) is 0 Å². The maximum absolute atomic E-state index is 5.86. The molecule has 0 aromatic rings. The van der Waals surface area contributed by atoms with Gasteiger partial charge in [0, 0.05) is 6.42 Å². The maximum atomic E-state index is 5.86. The Morgan fingerprint density at radius 2 is 1.21 bits per heavy atom. The number of hydrogen-bond acceptors (Lipinski definition) is 1. The van der Waals surface area contributed by atoms with Gasteiger partial charge in [-0.2, -0.15) is 0 Å². The number of allylic oxidation sites excluding steroid dienone is 1. The molecule has 0 saturated carbocycles. The molecule has 0 aliphatic heterocycles. The Balaban J connectivity index is 3.21. The molecule has 1 nitrogen and oxygen atoms in total. The zero-order valence-electron chi connectivity index (χ0n) is 13.9. The highest BCUT2D eigenvalue weighted by Gasteiger charge is 2.16. The van der Waals surface area contributed by atoms with Gasteiger partial charge in [0.05, 0.1) is 5.76 Å². The predicted octanol–water partition coefficient (Wildman–Crippen LogP) is 6.66. The normalized spacial score (nSPS) is 11.6. The zero-order chi connectivity index (χ0) is 14.6. The molecule has 0 spiro atoms. The van der Waals surface area contributed by atoms with Gasteiger partial charge < -0.3 is 4.43 Å². The third-order valence-electron chi connectivity index (χ3n) is 3.26. The fourth-order valence-electron chi connectivity index (χ4n) is 2.29. The molecule has 0 aliphatic rings. The molecular formula is C17H36OSi. The first kappa shape index (κ1) is 18.8. The lowest BCUT2D eigenvalue weighted by atomic mass is 10.1. The van der Waals surface area contributed by atoms with Gasteiger partial charge in [-0.1, -0.05) is 71.3 Å². The number of hydrogen-bond donors (Lipinski definition) is 0. The summed E-state index contributed by atoms with van der Waals surface area (Å²) in [7, 11) is -1.42. The molecule has 0 aromatic carbocycles. The van der Waals surface area contributed by atoms with E-state index < -0.39 is 8.32 Å². The third-order valence-corrected chi connectivity index (χ3v) is 4.16. The summed E-state index contributed by atoms with van der Waals surface area (Å²) in [6, 6.07) is 0. The van der Waals surface area contributed by atoms with Crippen molar-refractivity contribution < 1.29 is 4.43 Å². The van der Waals surface area contributed by atoms with E-state index in [2.05, 4.69) is 33.1 Å². The molecule has 0 N–H and O–H groups in total. The van der Waals surface area contributed by atoms with Crippen molar-refractivity contribution in [2.24, 2.45) is 0 Å². The van der Waals surface area contributed by atoms with Gasteiger partial charge in [0.15, 0.2) is 0 Å². The Morgan fingerprint density at radius 3 is 1.63 bits per heavy atom. The molecule has 0 unspecified atom stereocenters. The predicted molar refractivity (Wildman–Crippen MR) is 90.0 cm³/mol. The standard InChI is InChI=1S/C17H36OSi/c1-6-7-8-9-10-11-12-13-14-15-16-17(2)18-19(3,4)5/h2,6-16H2,1,3-5H3. The van der Waals surface area contributed by atoms with E-state index in [4.69, 9.17) is 4.43 Å². The van der Waals surface area contributed by atoms with Crippen molar-refractivity contribution in [1.82, 2.24) is 0 Å². The largest absolute Gasteiger partial charge is 0.548 e. The van der Waals surface area contributed by atoms with Crippen LogP contribution in [0.1, 0.15) is 77.6 Å². The van der Waals surface area contributed by atoms with Crippen molar-refractivity contribution in [3.63, 3.8) is 0 Å².